The topological polar surface area (TPSA) is 187 Å². The predicted molar refractivity (Wildman–Crippen MR) is 135 cm³/mol. The van der Waals surface area contributed by atoms with E-state index in [1.807, 2.05) is 0 Å². The van der Waals surface area contributed by atoms with Crippen LogP contribution in [-0.4, -0.2) is 49.9 Å². The Kier molecular flexibility index (Phi) is 13.4. The lowest BCUT2D eigenvalue weighted by Crippen LogP contribution is -2.33. The van der Waals surface area contributed by atoms with E-state index >= 15 is 0 Å². The van der Waals surface area contributed by atoms with Gasteiger partial charge in [0.15, 0.2) is 0 Å². The minimum atomic E-state index is -5.04. The van der Waals surface area contributed by atoms with Crippen molar-refractivity contribution in [1.82, 2.24) is 9.55 Å². The summed E-state index contributed by atoms with van der Waals surface area (Å²) in [6, 6.07) is 0. The van der Waals surface area contributed by atoms with E-state index in [0.29, 0.717) is 6.42 Å². The number of aliphatic hydroxyl groups excluding tert-OH is 1. The van der Waals surface area contributed by atoms with Gasteiger partial charge >= 0.3 is 21.3 Å². The number of phosphoric ester groups is 2. The maximum Gasteiger partial charge on any atom is 0.481 e. The fraction of sp³-hybridized carbons (Fsp3) is 0.818. The molecule has 0 aliphatic carbocycles. The second-order valence-corrected chi connectivity index (χ2v) is 12.3. The first-order valence-corrected chi connectivity index (χ1v) is 15.7. The van der Waals surface area contributed by atoms with E-state index in [1.54, 1.807) is 0 Å². The summed E-state index contributed by atoms with van der Waals surface area (Å²) in [6.45, 7) is 2.89. The molecule has 0 radical (unpaired) electrons. The molecular weight excluding hydrogens is 530 g/mol. The van der Waals surface area contributed by atoms with Gasteiger partial charge < -0.3 is 19.6 Å². The molecule has 2 rings (SSSR count). The number of aromatic amines is 1. The van der Waals surface area contributed by atoms with E-state index in [1.165, 1.54) is 45.2 Å². The Hall–Kier alpha value is -1.14. The van der Waals surface area contributed by atoms with E-state index in [9.17, 15) is 33.6 Å². The van der Waals surface area contributed by atoms with Crippen molar-refractivity contribution in [3.63, 3.8) is 0 Å². The molecule has 0 bridgehead atoms. The van der Waals surface area contributed by atoms with Gasteiger partial charge in [0.2, 0.25) is 0 Å². The number of hydrogen-bond acceptors (Lipinski definition) is 9. The van der Waals surface area contributed by atoms with Crippen molar-refractivity contribution in [2.24, 2.45) is 0 Å². The Morgan fingerprint density at radius 2 is 1.57 bits per heavy atom. The Morgan fingerprint density at radius 1 is 1.00 bits per heavy atom. The molecule has 1 saturated heterocycles. The Labute approximate surface area is 216 Å². The molecule has 0 amide bonds. The van der Waals surface area contributed by atoms with Gasteiger partial charge in [-0.1, -0.05) is 64.7 Å². The zero-order valence-electron chi connectivity index (χ0n) is 21.5. The van der Waals surface area contributed by atoms with Gasteiger partial charge in [-0.2, -0.15) is 4.31 Å². The molecular formula is C22H40N2O11P2. The van der Waals surface area contributed by atoms with Crippen molar-refractivity contribution in [3.05, 3.63) is 32.6 Å². The second kappa shape index (κ2) is 15.5. The molecule has 214 valence electrons. The molecule has 15 heteroatoms. The van der Waals surface area contributed by atoms with Crippen LogP contribution in [0.4, 0.5) is 0 Å². The Morgan fingerprint density at radius 3 is 2.19 bits per heavy atom. The van der Waals surface area contributed by atoms with E-state index < -0.39 is 51.9 Å². The number of ether oxygens (including phenoxy) is 1. The van der Waals surface area contributed by atoms with Crippen LogP contribution >= 0.6 is 15.6 Å². The van der Waals surface area contributed by atoms with Crippen molar-refractivity contribution in [2.75, 3.05) is 13.2 Å². The molecule has 1 aromatic heterocycles. The minimum Gasteiger partial charge on any atom is -0.390 e. The third kappa shape index (κ3) is 11.6. The number of aromatic nitrogens is 2. The van der Waals surface area contributed by atoms with Crippen LogP contribution in [0.5, 0.6) is 0 Å². The quantitative estimate of drug-likeness (QED) is 0.149. The number of nitrogens with zero attached hydrogens (tertiary/aromatic N) is 1. The zero-order valence-corrected chi connectivity index (χ0v) is 23.2. The number of nitrogens with one attached hydrogen (secondary N) is 1. The number of hydrogen-bond donors (Lipinski definition) is 4. The van der Waals surface area contributed by atoms with Gasteiger partial charge in [0.25, 0.3) is 5.56 Å². The van der Waals surface area contributed by atoms with Crippen LogP contribution in [0.25, 0.3) is 0 Å². The number of phosphoric acid groups is 2. The molecule has 1 aromatic rings. The average Bonchev–Trinajstić information content (AvgIpc) is 3.18. The third-order valence-corrected chi connectivity index (χ3v) is 8.66. The Bertz CT molecular complexity index is 1040. The molecule has 4 N–H and O–H groups in total. The van der Waals surface area contributed by atoms with Gasteiger partial charge in [0.1, 0.15) is 12.3 Å². The average molecular weight is 571 g/mol. The number of H-pyrrole nitrogens is 1. The molecule has 0 spiro atoms. The maximum absolute atomic E-state index is 12.1. The monoisotopic (exact) mass is 570 g/mol. The predicted octanol–water partition coefficient (Wildman–Crippen LogP) is 3.66. The minimum absolute atomic E-state index is 0.0591. The first-order chi connectivity index (χ1) is 17.4. The van der Waals surface area contributed by atoms with Gasteiger partial charge in [-0.15, -0.1) is 0 Å². The molecule has 37 heavy (non-hydrogen) atoms. The van der Waals surface area contributed by atoms with Gasteiger partial charge in [0, 0.05) is 18.2 Å². The molecule has 2 unspecified atom stereocenters. The maximum atomic E-state index is 12.1. The number of unbranched alkanes of at least 4 members (excludes halogenated alkanes) is 9. The molecule has 2 heterocycles. The third-order valence-electron chi connectivity index (χ3n) is 6.02. The summed E-state index contributed by atoms with van der Waals surface area (Å²) in [7, 11) is -9.90. The highest BCUT2D eigenvalue weighted by molar-refractivity contribution is 7.61. The highest BCUT2D eigenvalue weighted by Crippen LogP contribution is 2.60. The van der Waals surface area contributed by atoms with Gasteiger partial charge in [0.05, 0.1) is 19.3 Å². The summed E-state index contributed by atoms with van der Waals surface area (Å²) < 4.78 is 44.6. The lowest BCUT2D eigenvalue weighted by molar-refractivity contribution is -0.0451. The van der Waals surface area contributed by atoms with Crippen molar-refractivity contribution in [2.45, 2.75) is 103 Å². The van der Waals surface area contributed by atoms with E-state index in [0.717, 1.165) is 30.3 Å². The summed E-state index contributed by atoms with van der Waals surface area (Å²) in [5.74, 6) is 0. The van der Waals surface area contributed by atoms with Crippen LogP contribution in [-0.2, 0) is 27.2 Å². The first-order valence-electron chi connectivity index (χ1n) is 12.8. The van der Waals surface area contributed by atoms with Gasteiger partial charge in [-0.3, -0.25) is 23.4 Å². The number of aliphatic hydroxyl groups is 1. The van der Waals surface area contributed by atoms with Gasteiger partial charge in [-0.05, 0) is 13.3 Å². The highest BCUT2D eigenvalue weighted by atomic mass is 31.3. The normalized spacial score (nSPS) is 23.1. The molecule has 0 aromatic carbocycles. The zero-order chi connectivity index (χ0) is 27.5. The molecule has 5 atom stereocenters. The van der Waals surface area contributed by atoms with E-state index in [4.69, 9.17) is 13.8 Å². The molecule has 1 fully saturated rings. The molecule has 0 saturated carbocycles. The molecule has 13 nitrogen and oxygen atoms in total. The summed E-state index contributed by atoms with van der Waals surface area (Å²) in [4.78, 5) is 45.3. The fourth-order valence-electron chi connectivity index (χ4n) is 3.95. The van der Waals surface area contributed by atoms with Crippen LogP contribution < -0.4 is 11.2 Å². The summed E-state index contributed by atoms with van der Waals surface area (Å²) in [5, 5.41) is 10.2. The summed E-state index contributed by atoms with van der Waals surface area (Å²) in [5.41, 5.74) is -1.05. The largest absolute Gasteiger partial charge is 0.481 e. The fourth-order valence-corrected chi connectivity index (χ4v) is 6.07. The first kappa shape index (κ1) is 32.1. The standard InChI is InChI=1S/C22H40N2O11P2/c1-3-4-5-6-7-8-9-10-11-12-13-32-36(28,29)35-37(30,31)33-16-19-18(25)14-20(34-19)24-15-17(2)21(26)23-22(24)27/h15,18-20,25H,3-14,16H2,1-2H3,(H,28,29)(H,30,31)(H,23,26,27)/t18-,19+,20+/m1/s1. The Balaban J connectivity index is 1.69. The summed E-state index contributed by atoms with van der Waals surface area (Å²) in [6.07, 6.45) is 8.61. The number of rotatable bonds is 18. The van der Waals surface area contributed by atoms with Crippen LogP contribution in [0.3, 0.4) is 0 Å². The summed E-state index contributed by atoms with van der Waals surface area (Å²) >= 11 is 0. The van der Waals surface area contributed by atoms with Crippen LogP contribution in [0.1, 0.15) is 89.3 Å². The van der Waals surface area contributed by atoms with Crippen molar-refractivity contribution < 1.29 is 42.1 Å². The SMILES string of the molecule is CCCCCCCCCCCCOP(=O)(O)OP(=O)(O)OC[C@@H]1O[C@H](n2cc(C)c(=O)[nH]c2=O)C[C@H]1O. The lowest BCUT2D eigenvalue weighted by atomic mass is 10.1. The van der Waals surface area contributed by atoms with Crippen molar-refractivity contribution in [3.8, 4) is 0 Å². The highest BCUT2D eigenvalue weighted by Gasteiger charge is 2.40. The lowest BCUT2D eigenvalue weighted by Gasteiger charge is -2.19. The molecule has 1 aliphatic rings. The van der Waals surface area contributed by atoms with E-state index in [2.05, 4.69) is 16.2 Å². The van der Waals surface area contributed by atoms with Crippen molar-refractivity contribution >= 4 is 15.6 Å². The van der Waals surface area contributed by atoms with Crippen molar-refractivity contribution in [1.29, 1.82) is 0 Å². The number of aryl methyl sites for hydroxylation is 1. The van der Waals surface area contributed by atoms with Gasteiger partial charge in [-0.25, -0.2) is 13.9 Å². The van der Waals surface area contributed by atoms with E-state index in [-0.39, 0.29) is 18.6 Å². The van der Waals surface area contributed by atoms with Crippen LogP contribution in [0.2, 0.25) is 0 Å². The van der Waals surface area contributed by atoms with Crippen LogP contribution in [0.15, 0.2) is 15.8 Å². The molecule has 1 aliphatic heterocycles. The second-order valence-electron chi connectivity index (χ2n) is 9.24. The smallest absolute Gasteiger partial charge is 0.390 e. The van der Waals surface area contributed by atoms with Crippen LogP contribution in [0, 0.1) is 6.92 Å².